The number of anilines is 1. The van der Waals surface area contributed by atoms with Crippen LogP contribution in [0.1, 0.15) is 51.5 Å². The first-order valence-corrected chi connectivity index (χ1v) is 11.3. The van der Waals surface area contributed by atoms with Gasteiger partial charge in [-0.1, -0.05) is 18.6 Å². The van der Waals surface area contributed by atoms with E-state index in [1.807, 2.05) is 6.07 Å². The van der Waals surface area contributed by atoms with Gasteiger partial charge in [0.05, 0.1) is 11.0 Å². The van der Waals surface area contributed by atoms with Gasteiger partial charge in [0, 0.05) is 17.6 Å². The molecule has 0 saturated heterocycles. The largest absolute Gasteiger partial charge is 0.327 e. The van der Waals surface area contributed by atoms with Gasteiger partial charge >= 0.3 is 0 Å². The van der Waals surface area contributed by atoms with Crippen LogP contribution in [0.25, 0.3) is 0 Å². The van der Waals surface area contributed by atoms with Crippen molar-refractivity contribution < 1.29 is 13.2 Å². The van der Waals surface area contributed by atoms with Crippen LogP contribution in [-0.4, -0.2) is 25.6 Å². The Hall–Kier alpha value is -1.11. The summed E-state index contributed by atoms with van der Waals surface area (Å²) in [6, 6.07) is 7.43. The number of amides is 1. The van der Waals surface area contributed by atoms with Gasteiger partial charge in [-0.3, -0.25) is 4.79 Å². The molecule has 2 bridgehead atoms. The van der Waals surface area contributed by atoms with Crippen LogP contribution >= 0.6 is 12.4 Å². The number of halogens is 1. The Morgan fingerprint density at radius 3 is 2.44 bits per heavy atom. The summed E-state index contributed by atoms with van der Waals surface area (Å²) >= 11 is 0. The molecule has 2 aliphatic rings. The first-order chi connectivity index (χ1) is 12.3. The summed E-state index contributed by atoms with van der Waals surface area (Å²) in [5.41, 5.74) is 7.69. The topological polar surface area (TPSA) is 89.3 Å². The molecule has 5 nitrogen and oxygen atoms in total. The standard InChI is InChI=1S/C20H30N2O3S.ClH/c1-13(2)26(24,25)12-14-5-3-8-18(9-14)22-20(23)17-10-15-6-4-7-16(11-17)19(15)21;/h3,5,8-9,13,15-17,19H,4,6-7,10-12,21H2,1-2H3,(H,22,23);1H. The maximum Gasteiger partial charge on any atom is 0.227 e. The second-order valence-corrected chi connectivity index (χ2v) is 10.8. The third-order valence-electron chi connectivity index (χ3n) is 6.06. The molecule has 0 aliphatic heterocycles. The predicted octanol–water partition coefficient (Wildman–Crippen LogP) is 3.52. The van der Waals surface area contributed by atoms with Crippen molar-refractivity contribution >= 4 is 33.8 Å². The molecule has 2 aliphatic carbocycles. The van der Waals surface area contributed by atoms with Crippen molar-refractivity contribution in [2.45, 2.75) is 63.0 Å². The molecule has 2 unspecified atom stereocenters. The SMILES string of the molecule is CC(C)S(=O)(=O)Cc1cccc(NC(=O)C2CC3CCCC(C2)C3N)c1.Cl. The summed E-state index contributed by atoms with van der Waals surface area (Å²) < 4.78 is 24.2. The first-order valence-electron chi connectivity index (χ1n) is 9.63. The number of fused-ring (bicyclic) bond motifs is 2. The number of carbonyl (C=O) groups excluding carboxylic acids is 1. The first kappa shape index (κ1) is 22.2. The lowest BCUT2D eigenvalue weighted by molar-refractivity contribution is -0.122. The van der Waals surface area contributed by atoms with Crippen LogP contribution in [0.15, 0.2) is 24.3 Å². The van der Waals surface area contributed by atoms with Gasteiger partial charge in [-0.2, -0.15) is 0 Å². The molecule has 0 aromatic heterocycles. The molecule has 0 heterocycles. The van der Waals surface area contributed by atoms with E-state index in [9.17, 15) is 13.2 Å². The number of nitrogens with two attached hydrogens (primary N) is 1. The third-order valence-corrected chi connectivity index (χ3v) is 8.24. The molecule has 152 valence electrons. The van der Waals surface area contributed by atoms with E-state index < -0.39 is 15.1 Å². The minimum atomic E-state index is -3.16. The number of rotatable bonds is 5. The van der Waals surface area contributed by atoms with Crippen molar-refractivity contribution in [1.82, 2.24) is 0 Å². The monoisotopic (exact) mass is 414 g/mol. The number of carbonyl (C=O) groups is 1. The molecule has 7 heteroatoms. The van der Waals surface area contributed by atoms with Crippen molar-refractivity contribution in [3.05, 3.63) is 29.8 Å². The molecule has 3 rings (SSSR count). The number of benzene rings is 1. The van der Waals surface area contributed by atoms with Crippen LogP contribution in [0.3, 0.4) is 0 Å². The molecular formula is C20H31ClN2O3S. The van der Waals surface area contributed by atoms with Gasteiger partial charge in [-0.25, -0.2) is 8.42 Å². The molecule has 0 spiro atoms. The Morgan fingerprint density at radius 2 is 1.85 bits per heavy atom. The Kier molecular flexibility index (Phi) is 7.33. The molecule has 1 aromatic rings. The molecular weight excluding hydrogens is 384 g/mol. The average molecular weight is 415 g/mol. The lowest BCUT2D eigenvalue weighted by Gasteiger charge is -2.43. The number of hydrogen-bond donors (Lipinski definition) is 2. The smallest absolute Gasteiger partial charge is 0.227 e. The Labute approximate surface area is 168 Å². The van der Waals surface area contributed by atoms with Crippen LogP contribution < -0.4 is 11.1 Å². The highest BCUT2D eigenvalue weighted by Crippen LogP contribution is 2.42. The van der Waals surface area contributed by atoms with Gasteiger partial charge in [0.15, 0.2) is 9.84 Å². The maximum atomic E-state index is 12.7. The molecule has 27 heavy (non-hydrogen) atoms. The molecule has 2 fully saturated rings. The second kappa shape index (κ2) is 8.93. The fraction of sp³-hybridized carbons (Fsp3) is 0.650. The number of hydrogen-bond acceptors (Lipinski definition) is 4. The van der Waals surface area contributed by atoms with E-state index in [1.165, 1.54) is 6.42 Å². The summed E-state index contributed by atoms with van der Waals surface area (Å²) in [4.78, 5) is 12.7. The number of sulfone groups is 1. The maximum absolute atomic E-state index is 12.7. The van der Waals surface area contributed by atoms with Gasteiger partial charge in [-0.05, 0) is 69.1 Å². The zero-order chi connectivity index (χ0) is 18.9. The summed E-state index contributed by atoms with van der Waals surface area (Å²) in [5.74, 6) is 0.962. The molecule has 1 amide bonds. The summed E-state index contributed by atoms with van der Waals surface area (Å²) in [6.45, 7) is 3.37. The van der Waals surface area contributed by atoms with Crippen LogP contribution in [0, 0.1) is 17.8 Å². The molecule has 2 saturated carbocycles. The quantitative estimate of drug-likeness (QED) is 0.771. The van der Waals surface area contributed by atoms with Crippen molar-refractivity contribution in [1.29, 1.82) is 0 Å². The average Bonchev–Trinajstić information content (AvgIpc) is 2.54. The van der Waals surface area contributed by atoms with Crippen LogP contribution in [0.5, 0.6) is 0 Å². The van der Waals surface area contributed by atoms with Gasteiger partial charge in [0.25, 0.3) is 0 Å². The lowest BCUT2D eigenvalue weighted by Crippen LogP contribution is -2.48. The highest BCUT2D eigenvalue weighted by molar-refractivity contribution is 7.91. The van der Waals surface area contributed by atoms with E-state index in [0.29, 0.717) is 23.1 Å². The van der Waals surface area contributed by atoms with Crippen molar-refractivity contribution in [3.63, 3.8) is 0 Å². The fourth-order valence-corrected chi connectivity index (χ4v) is 5.36. The lowest BCUT2D eigenvalue weighted by atomic mass is 9.65. The van der Waals surface area contributed by atoms with Gasteiger partial charge in [-0.15, -0.1) is 12.4 Å². The van der Waals surface area contributed by atoms with E-state index in [1.54, 1.807) is 32.0 Å². The van der Waals surface area contributed by atoms with Gasteiger partial charge in [0.1, 0.15) is 0 Å². The molecule has 3 N–H and O–H groups in total. The van der Waals surface area contributed by atoms with Crippen LogP contribution in [0.4, 0.5) is 5.69 Å². The summed E-state index contributed by atoms with van der Waals surface area (Å²) in [5, 5.41) is 2.59. The second-order valence-electron chi connectivity index (χ2n) is 8.24. The van der Waals surface area contributed by atoms with Gasteiger partial charge < -0.3 is 11.1 Å². The Balaban J connectivity index is 0.00000261. The molecule has 2 atom stereocenters. The van der Waals surface area contributed by atoms with Crippen molar-refractivity contribution in [3.8, 4) is 0 Å². The molecule has 0 radical (unpaired) electrons. The van der Waals surface area contributed by atoms with Gasteiger partial charge in [0.2, 0.25) is 5.91 Å². The fourth-order valence-electron chi connectivity index (χ4n) is 4.39. The number of nitrogens with one attached hydrogen (secondary N) is 1. The van der Waals surface area contributed by atoms with Crippen LogP contribution in [0.2, 0.25) is 0 Å². The summed E-state index contributed by atoms with van der Waals surface area (Å²) in [7, 11) is -3.16. The zero-order valence-corrected chi connectivity index (χ0v) is 17.7. The van der Waals surface area contributed by atoms with Crippen molar-refractivity contribution in [2.24, 2.45) is 23.5 Å². The van der Waals surface area contributed by atoms with E-state index in [4.69, 9.17) is 5.73 Å². The zero-order valence-electron chi connectivity index (χ0n) is 16.1. The van der Waals surface area contributed by atoms with E-state index in [0.717, 1.165) is 25.7 Å². The minimum absolute atomic E-state index is 0. The Bertz CT molecular complexity index is 752. The van der Waals surface area contributed by atoms with E-state index in [-0.39, 0.29) is 36.0 Å². The summed E-state index contributed by atoms with van der Waals surface area (Å²) in [6.07, 6.45) is 5.22. The normalized spacial score (nSPS) is 27.7. The Morgan fingerprint density at radius 1 is 1.22 bits per heavy atom. The van der Waals surface area contributed by atoms with E-state index in [2.05, 4.69) is 5.32 Å². The highest BCUT2D eigenvalue weighted by Gasteiger charge is 2.40. The van der Waals surface area contributed by atoms with Crippen LogP contribution in [-0.2, 0) is 20.4 Å². The minimum Gasteiger partial charge on any atom is -0.327 e. The molecule has 1 aromatic carbocycles. The third kappa shape index (κ3) is 5.24. The van der Waals surface area contributed by atoms with E-state index >= 15 is 0 Å². The highest BCUT2D eigenvalue weighted by atomic mass is 35.5. The predicted molar refractivity (Wildman–Crippen MR) is 112 cm³/mol. The van der Waals surface area contributed by atoms with Crippen molar-refractivity contribution in [2.75, 3.05) is 5.32 Å².